The number of aromatic nitrogens is 1. The van der Waals surface area contributed by atoms with Gasteiger partial charge in [-0.25, -0.2) is 13.4 Å². The second kappa shape index (κ2) is 8.28. The van der Waals surface area contributed by atoms with Gasteiger partial charge in [-0.3, -0.25) is 9.52 Å². The summed E-state index contributed by atoms with van der Waals surface area (Å²) in [6.45, 7) is 6.34. The van der Waals surface area contributed by atoms with Crippen molar-refractivity contribution in [1.82, 2.24) is 4.98 Å². The number of amides is 1. The summed E-state index contributed by atoms with van der Waals surface area (Å²) in [4.78, 5) is 18.2. The monoisotopic (exact) mass is 417 g/mol. The van der Waals surface area contributed by atoms with Gasteiger partial charge < -0.3 is 16.0 Å². The highest BCUT2D eigenvalue weighted by atomic mass is 32.2. The van der Waals surface area contributed by atoms with Crippen LogP contribution in [0.3, 0.4) is 0 Å². The molecule has 0 radical (unpaired) electrons. The molecule has 8 nitrogen and oxygen atoms in total. The molecule has 29 heavy (non-hydrogen) atoms. The Morgan fingerprint density at radius 3 is 2.41 bits per heavy atom. The SMILES string of the molecule is CNc1ccc(S(=O)(=O)Nc2ccc(N3C[C@@H](C)C[C@H](C)C3)nc2)cc1C(N)=O. The van der Waals surface area contributed by atoms with E-state index < -0.39 is 15.9 Å². The highest BCUT2D eigenvalue weighted by Crippen LogP contribution is 2.26. The lowest BCUT2D eigenvalue weighted by atomic mass is 9.92. The molecule has 9 heteroatoms. The Labute approximate surface area is 171 Å². The van der Waals surface area contributed by atoms with Gasteiger partial charge in [0.25, 0.3) is 15.9 Å². The molecule has 1 saturated heterocycles. The van der Waals surface area contributed by atoms with Crippen LogP contribution < -0.4 is 20.7 Å². The third-order valence-corrected chi connectivity index (χ3v) is 6.41. The number of anilines is 3. The van der Waals surface area contributed by atoms with Crippen molar-refractivity contribution in [3.8, 4) is 0 Å². The summed E-state index contributed by atoms with van der Waals surface area (Å²) in [5.74, 6) is 1.32. The zero-order chi connectivity index (χ0) is 21.2. The van der Waals surface area contributed by atoms with Crippen LogP contribution in [0.15, 0.2) is 41.4 Å². The van der Waals surface area contributed by atoms with Gasteiger partial charge >= 0.3 is 0 Å². The average molecular weight is 418 g/mol. The average Bonchev–Trinajstić information content (AvgIpc) is 2.67. The third-order valence-electron chi connectivity index (χ3n) is 5.03. The Kier molecular flexibility index (Phi) is 5.97. The van der Waals surface area contributed by atoms with Crippen LogP contribution in [0.25, 0.3) is 0 Å². The topological polar surface area (TPSA) is 117 Å². The first-order valence-electron chi connectivity index (χ1n) is 9.55. The minimum absolute atomic E-state index is 0.0481. The first kappa shape index (κ1) is 20.9. The van der Waals surface area contributed by atoms with Gasteiger partial charge in [-0.05, 0) is 48.6 Å². The molecule has 3 rings (SSSR count). The molecule has 0 aliphatic carbocycles. The summed E-state index contributed by atoms with van der Waals surface area (Å²) >= 11 is 0. The van der Waals surface area contributed by atoms with E-state index in [1.807, 2.05) is 6.07 Å². The van der Waals surface area contributed by atoms with Crippen molar-refractivity contribution < 1.29 is 13.2 Å². The second-order valence-corrected chi connectivity index (χ2v) is 9.37. The fourth-order valence-electron chi connectivity index (χ4n) is 3.81. The molecule has 0 spiro atoms. The van der Waals surface area contributed by atoms with Gasteiger partial charge in [0, 0.05) is 25.8 Å². The summed E-state index contributed by atoms with van der Waals surface area (Å²) in [5.41, 5.74) is 6.28. The van der Waals surface area contributed by atoms with Crippen LogP contribution in [0.5, 0.6) is 0 Å². The van der Waals surface area contributed by atoms with Gasteiger partial charge in [-0.2, -0.15) is 0 Å². The van der Waals surface area contributed by atoms with E-state index in [1.54, 1.807) is 13.1 Å². The van der Waals surface area contributed by atoms with E-state index in [0.29, 0.717) is 23.2 Å². The van der Waals surface area contributed by atoms with Crippen LogP contribution in [-0.4, -0.2) is 39.4 Å². The summed E-state index contributed by atoms with van der Waals surface area (Å²) in [5, 5.41) is 2.82. The number of benzene rings is 1. The van der Waals surface area contributed by atoms with Crippen LogP contribution in [0, 0.1) is 11.8 Å². The molecule has 156 valence electrons. The van der Waals surface area contributed by atoms with Crippen molar-refractivity contribution in [3.63, 3.8) is 0 Å². The number of hydrogen-bond donors (Lipinski definition) is 3. The number of carbonyl (C=O) groups is 1. The van der Waals surface area contributed by atoms with Crippen molar-refractivity contribution in [2.45, 2.75) is 25.2 Å². The smallest absolute Gasteiger partial charge is 0.261 e. The lowest BCUT2D eigenvalue weighted by Crippen LogP contribution is -2.39. The standard InChI is InChI=1S/C20H27N5O3S/c1-13-8-14(2)12-25(11-13)19-7-4-15(10-23-19)24-29(27,28)16-5-6-18(22-3)17(9-16)20(21)26/h4-7,9-10,13-14,22,24H,8,11-12H2,1-3H3,(H2,21,26)/t13-,14-/m0/s1. The van der Waals surface area contributed by atoms with Crippen LogP contribution in [0.2, 0.25) is 0 Å². The summed E-state index contributed by atoms with van der Waals surface area (Å²) in [7, 11) is -2.26. The number of nitrogens with one attached hydrogen (secondary N) is 2. The van der Waals surface area contributed by atoms with Crippen LogP contribution in [0.4, 0.5) is 17.2 Å². The number of rotatable bonds is 6. The lowest BCUT2D eigenvalue weighted by Gasteiger charge is -2.35. The third kappa shape index (κ3) is 4.79. The van der Waals surface area contributed by atoms with Crippen molar-refractivity contribution in [3.05, 3.63) is 42.1 Å². The van der Waals surface area contributed by atoms with Crippen molar-refractivity contribution in [2.24, 2.45) is 17.6 Å². The van der Waals surface area contributed by atoms with Gasteiger partial charge in [-0.1, -0.05) is 13.8 Å². The molecule has 1 aromatic carbocycles. The molecule has 1 aliphatic rings. The van der Waals surface area contributed by atoms with E-state index >= 15 is 0 Å². The molecule has 4 N–H and O–H groups in total. The first-order chi connectivity index (χ1) is 13.7. The molecule has 0 bridgehead atoms. The van der Waals surface area contributed by atoms with E-state index in [1.165, 1.54) is 30.8 Å². The number of nitrogens with zero attached hydrogens (tertiary/aromatic N) is 2. The van der Waals surface area contributed by atoms with Gasteiger partial charge in [0.15, 0.2) is 0 Å². The highest BCUT2D eigenvalue weighted by Gasteiger charge is 2.23. The molecular weight excluding hydrogens is 390 g/mol. The molecule has 2 aromatic rings. The Hall–Kier alpha value is -2.81. The molecule has 1 aliphatic heterocycles. The quantitative estimate of drug-likeness (QED) is 0.665. The minimum Gasteiger partial charge on any atom is -0.387 e. The zero-order valence-electron chi connectivity index (χ0n) is 16.8. The number of hydrogen-bond acceptors (Lipinski definition) is 6. The lowest BCUT2D eigenvalue weighted by molar-refractivity contribution is 0.100. The van der Waals surface area contributed by atoms with E-state index in [4.69, 9.17) is 5.73 Å². The number of primary amides is 1. The first-order valence-corrected chi connectivity index (χ1v) is 11.0. The second-order valence-electron chi connectivity index (χ2n) is 7.68. The van der Waals surface area contributed by atoms with Crippen molar-refractivity contribution >= 4 is 33.1 Å². The van der Waals surface area contributed by atoms with Crippen molar-refractivity contribution in [2.75, 3.05) is 35.1 Å². The fraction of sp³-hybridized carbons (Fsp3) is 0.400. The van der Waals surface area contributed by atoms with E-state index in [2.05, 4.69) is 33.8 Å². The maximum atomic E-state index is 12.7. The molecule has 1 fully saturated rings. The number of piperidine rings is 1. The summed E-state index contributed by atoms with van der Waals surface area (Å²) in [6, 6.07) is 7.70. The van der Waals surface area contributed by atoms with E-state index in [0.717, 1.165) is 18.9 Å². The molecule has 2 heterocycles. The Bertz CT molecular complexity index is 982. The van der Waals surface area contributed by atoms with Crippen LogP contribution in [-0.2, 0) is 10.0 Å². The highest BCUT2D eigenvalue weighted by molar-refractivity contribution is 7.92. The molecule has 0 saturated carbocycles. The Morgan fingerprint density at radius 2 is 1.86 bits per heavy atom. The summed E-state index contributed by atoms with van der Waals surface area (Å²) < 4.78 is 28.0. The normalized spacial score (nSPS) is 19.6. The van der Waals surface area contributed by atoms with Gasteiger partial charge in [0.1, 0.15) is 5.82 Å². The maximum Gasteiger partial charge on any atom is 0.261 e. The molecular formula is C20H27N5O3S. The van der Waals surface area contributed by atoms with E-state index in [9.17, 15) is 13.2 Å². The fourth-order valence-corrected chi connectivity index (χ4v) is 4.88. The predicted octanol–water partition coefficient (Wildman–Crippen LogP) is 2.51. The Balaban J connectivity index is 1.79. The number of sulfonamides is 1. The molecule has 1 aromatic heterocycles. The van der Waals surface area contributed by atoms with Gasteiger partial charge in [0.05, 0.1) is 22.3 Å². The van der Waals surface area contributed by atoms with Crippen LogP contribution in [0.1, 0.15) is 30.6 Å². The van der Waals surface area contributed by atoms with Gasteiger partial charge in [0.2, 0.25) is 0 Å². The number of carbonyl (C=O) groups excluding carboxylic acids is 1. The zero-order valence-corrected chi connectivity index (χ0v) is 17.7. The van der Waals surface area contributed by atoms with Gasteiger partial charge in [-0.15, -0.1) is 0 Å². The molecule has 1 amide bonds. The Morgan fingerprint density at radius 1 is 1.17 bits per heavy atom. The van der Waals surface area contributed by atoms with E-state index in [-0.39, 0.29) is 10.5 Å². The molecule has 0 unspecified atom stereocenters. The van der Waals surface area contributed by atoms with Crippen molar-refractivity contribution in [1.29, 1.82) is 0 Å². The maximum absolute atomic E-state index is 12.7. The number of pyridine rings is 1. The minimum atomic E-state index is -3.89. The van der Waals surface area contributed by atoms with Crippen LogP contribution >= 0.6 is 0 Å². The summed E-state index contributed by atoms with van der Waals surface area (Å²) in [6.07, 6.45) is 2.71. The predicted molar refractivity (Wildman–Crippen MR) is 115 cm³/mol. The largest absolute Gasteiger partial charge is 0.387 e. The number of nitrogens with two attached hydrogens (primary N) is 1. The molecule has 2 atom stereocenters.